The maximum Gasteiger partial charge on any atom is 0.243 e. The number of hydrogen-bond donors (Lipinski definition) is 1. The molecule has 3 rings (SSSR count). The van der Waals surface area contributed by atoms with Crippen LogP contribution in [-0.4, -0.2) is 27.7 Å². The summed E-state index contributed by atoms with van der Waals surface area (Å²) in [6, 6.07) is 6.86. The molecule has 0 radical (unpaired) electrons. The first kappa shape index (κ1) is 14.3. The summed E-state index contributed by atoms with van der Waals surface area (Å²) in [6.45, 7) is 0.739. The number of carbonyl (C=O) groups is 2. The summed E-state index contributed by atoms with van der Waals surface area (Å²) in [5.74, 6) is 0.527. The van der Waals surface area contributed by atoms with Crippen LogP contribution in [0.5, 0.6) is 0 Å². The van der Waals surface area contributed by atoms with Crippen molar-refractivity contribution in [1.82, 2.24) is 15.2 Å². The van der Waals surface area contributed by atoms with Crippen molar-refractivity contribution in [1.29, 1.82) is 0 Å². The van der Waals surface area contributed by atoms with Gasteiger partial charge in [-0.25, -0.2) is 0 Å². The number of hydrogen-bond acceptors (Lipinski definition) is 4. The van der Waals surface area contributed by atoms with Gasteiger partial charge in [-0.2, -0.15) is 0 Å². The Bertz CT molecular complexity index is 640. The molecule has 6 heteroatoms. The van der Waals surface area contributed by atoms with Gasteiger partial charge in [0, 0.05) is 25.4 Å². The molecular formula is C16H17N3O3. The number of nitrogens with one attached hydrogen (secondary N) is 1. The van der Waals surface area contributed by atoms with Crippen molar-refractivity contribution in [2.45, 2.75) is 32.0 Å². The first-order valence-electron chi connectivity index (χ1n) is 7.22. The van der Waals surface area contributed by atoms with E-state index in [-0.39, 0.29) is 11.8 Å². The van der Waals surface area contributed by atoms with E-state index in [0.29, 0.717) is 31.7 Å². The maximum absolute atomic E-state index is 12.3. The second-order valence-electron chi connectivity index (χ2n) is 5.23. The Hall–Kier alpha value is -2.63. The number of rotatable bonds is 5. The van der Waals surface area contributed by atoms with Gasteiger partial charge in [-0.15, -0.1) is 0 Å². The van der Waals surface area contributed by atoms with Crippen molar-refractivity contribution < 1.29 is 14.0 Å². The molecule has 22 heavy (non-hydrogen) atoms. The number of aromatic nitrogens is 1. The van der Waals surface area contributed by atoms with Crippen LogP contribution in [0.3, 0.4) is 0 Å². The van der Waals surface area contributed by atoms with Crippen molar-refractivity contribution >= 4 is 11.8 Å². The van der Waals surface area contributed by atoms with Gasteiger partial charge in [0.2, 0.25) is 11.8 Å². The normalized spacial score (nSPS) is 17.7. The van der Waals surface area contributed by atoms with E-state index in [2.05, 4.69) is 10.3 Å². The third-order valence-corrected chi connectivity index (χ3v) is 3.73. The Morgan fingerprint density at radius 1 is 1.41 bits per heavy atom. The SMILES string of the molecule is O=C(NCc1cccnc1)C1CCC(=O)N1Cc1ccco1. The third kappa shape index (κ3) is 3.16. The van der Waals surface area contributed by atoms with E-state index in [4.69, 9.17) is 4.42 Å². The van der Waals surface area contributed by atoms with Gasteiger partial charge in [0.1, 0.15) is 11.8 Å². The third-order valence-electron chi connectivity index (χ3n) is 3.73. The summed E-state index contributed by atoms with van der Waals surface area (Å²) >= 11 is 0. The van der Waals surface area contributed by atoms with Crippen LogP contribution in [0.2, 0.25) is 0 Å². The molecule has 0 saturated carbocycles. The molecule has 3 heterocycles. The van der Waals surface area contributed by atoms with Crippen LogP contribution in [0.15, 0.2) is 47.3 Å². The molecule has 1 saturated heterocycles. The van der Waals surface area contributed by atoms with Crippen molar-refractivity contribution in [3.63, 3.8) is 0 Å². The molecule has 0 aromatic carbocycles. The summed E-state index contributed by atoms with van der Waals surface area (Å²) in [5, 5.41) is 2.87. The molecule has 1 unspecified atom stereocenters. The Labute approximate surface area is 128 Å². The Kier molecular flexibility index (Phi) is 4.18. The summed E-state index contributed by atoms with van der Waals surface area (Å²) in [7, 11) is 0. The van der Waals surface area contributed by atoms with Crippen molar-refractivity contribution in [3.8, 4) is 0 Å². The van der Waals surface area contributed by atoms with Crippen molar-refractivity contribution in [3.05, 3.63) is 54.2 Å². The van der Waals surface area contributed by atoms with E-state index in [1.54, 1.807) is 35.7 Å². The van der Waals surface area contributed by atoms with Gasteiger partial charge in [0.15, 0.2) is 0 Å². The van der Waals surface area contributed by atoms with Crippen molar-refractivity contribution in [2.75, 3.05) is 0 Å². The Morgan fingerprint density at radius 2 is 2.32 bits per heavy atom. The second kappa shape index (κ2) is 6.43. The molecule has 2 aromatic heterocycles. The zero-order chi connectivity index (χ0) is 15.4. The molecule has 0 aliphatic carbocycles. The fourth-order valence-corrected chi connectivity index (χ4v) is 2.58. The predicted molar refractivity (Wildman–Crippen MR) is 78.4 cm³/mol. The standard InChI is InChI=1S/C16H17N3O3/c20-15-6-5-14(19(15)11-13-4-2-8-22-13)16(21)18-10-12-3-1-7-17-9-12/h1-4,7-9,14H,5-6,10-11H2,(H,18,21). The molecular weight excluding hydrogens is 282 g/mol. The van der Waals surface area contributed by atoms with Crippen LogP contribution in [0, 0.1) is 0 Å². The molecule has 0 bridgehead atoms. The van der Waals surface area contributed by atoms with E-state index in [1.165, 1.54) is 0 Å². The van der Waals surface area contributed by atoms with Crippen LogP contribution in [0.1, 0.15) is 24.2 Å². The van der Waals surface area contributed by atoms with E-state index in [0.717, 1.165) is 5.56 Å². The number of pyridine rings is 1. The average Bonchev–Trinajstić information content (AvgIpc) is 3.17. The monoisotopic (exact) mass is 299 g/mol. The maximum atomic E-state index is 12.3. The van der Waals surface area contributed by atoms with Gasteiger partial charge in [-0.05, 0) is 30.2 Å². The number of nitrogens with zero attached hydrogens (tertiary/aromatic N) is 2. The van der Waals surface area contributed by atoms with Gasteiger partial charge < -0.3 is 14.6 Å². The van der Waals surface area contributed by atoms with E-state index in [9.17, 15) is 9.59 Å². The van der Waals surface area contributed by atoms with Gasteiger partial charge in [0.25, 0.3) is 0 Å². The van der Waals surface area contributed by atoms with Gasteiger partial charge >= 0.3 is 0 Å². The molecule has 0 spiro atoms. The first-order chi connectivity index (χ1) is 10.7. The lowest BCUT2D eigenvalue weighted by molar-refractivity contribution is -0.136. The largest absolute Gasteiger partial charge is 0.467 e. The molecule has 1 atom stereocenters. The topological polar surface area (TPSA) is 75.4 Å². The fraction of sp³-hybridized carbons (Fsp3) is 0.312. The van der Waals surface area contributed by atoms with Gasteiger partial charge in [-0.1, -0.05) is 6.07 Å². The lowest BCUT2D eigenvalue weighted by atomic mass is 10.2. The highest BCUT2D eigenvalue weighted by atomic mass is 16.3. The van der Waals surface area contributed by atoms with Crippen LogP contribution in [0.4, 0.5) is 0 Å². The average molecular weight is 299 g/mol. The quantitative estimate of drug-likeness (QED) is 0.907. The van der Waals surface area contributed by atoms with E-state index in [1.807, 2.05) is 12.1 Å². The highest BCUT2D eigenvalue weighted by molar-refractivity contribution is 5.90. The van der Waals surface area contributed by atoms with E-state index < -0.39 is 6.04 Å². The zero-order valence-corrected chi connectivity index (χ0v) is 12.1. The van der Waals surface area contributed by atoms with Crippen LogP contribution >= 0.6 is 0 Å². The summed E-state index contributed by atoms with van der Waals surface area (Å²) < 4.78 is 5.27. The van der Waals surface area contributed by atoms with Gasteiger partial charge in [-0.3, -0.25) is 14.6 Å². The summed E-state index contributed by atoms with van der Waals surface area (Å²) in [5.41, 5.74) is 0.928. The molecule has 1 aliphatic heterocycles. The van der Waals surface area contributed by atoms with Crippen LogP contribution in [0.25, 0.3) is 0 Å². The Balaban J connectivity index is 1.61. The molecule has 114 valence electrons. The zero-order valence-electron chi connectivity index (χ0n) is 12.1. The summed E-state index contributed by atoms with van der Waals surface area (Å²) in [6.07, 6.45) is 5.89. The van der Waals surface area contributed by atoms with Crippen molar-refractivity contribution in [2.24, 2.45) is 0 Å². The number of carbonyl (C=O) groups excluding carboxylic acids is 2. The number of furan rings is 1. The van der Waals surface area contributed by atoms with Gasteiger partial charge in [0.05, 0.1) is 12.8 Å². The minimum atomic E-state index is -0.436. The van der Waals surface area contributed by atoms with E-state index >= 15 is 0 Å². The fourth-order valence-electron chi connectivity index (χ4n) is 2.58. The Morgan fingerprint density at radius 3 is 3.05 bits per heavy atom. The molecule has 2 amide bonds. The minimum Gasteiger partial charge on any atom is -0.467 e. The molecule has 1 aliphatic rings. The highest BCUT2D eigenvalue weighted by Gasteiger charge is 2.36. The predicted octanol–water partition coefficient (Wildman–Crippen LogP) is 1.48. The van der Waals surface area contributed by atoms with Crippen LogP contribution in [-0.2, 0) is 22.7 Å². The highest BCUT2D eigenvalue weighted by Crippen LogP contribution is 2.22. The number of amides is 2. The number of likely N-dealkylation sites (tertiary alicyclic amines) is 1. The van der Waals surface area contributed by atoms with Crippen LogP contribution < -0.4 is 5.32 Å². The lowest BCUT2D eigenvalue weighted by Crippen LogP contribution is -2.44. The second-order valence-corrected chi connectivity index (χ2v) is 5.23. The minimum absolute atomic E-state index is 0.0158. The lowest BCUT2D eigenvalue weighted by Gasteiger charge is -2.23. The molecule has 1 fully saturated rings. The molecule has 6 nitrogen and oxygen atoms in total. The first-order valence-corrected chi connectivity index (χ1v) is 7.22. The molecule has 2 aromatic rings. The molecule has 1 N–H and O–H groups in total. The summed E-state index contributed by atoms with van der Waals surface area (Å²) in [4.78, 5) is 29.9. The smallest absolute Gasteiger partial charge is 0.243 e.